The van der Waals surface area contributed by atoms with E-state index in [2.05, 4.69) is 5.32 Å². The zero-order chi connectivity index (χ0) is 12.8. The Balaban J connectivity index is 1.81. The lowest BCUT2D eigenvalue weighted by molar-refractivity contribution is -0.147. The topological polar surface area (TPSA) is 50.8 Å². The van der Waals surface area contributed by atoms with Crippen LogP contribution < -0.4 is 5.32 Å². The van der Waals surface area contributed by atoms with E-state index in [1.54, 1.807) is 0 Å². The van der Waals surface area contributed by atoms with Gasteiger partial charge < -0.3 is 19.7 Å². The van der Waals surface area contributed by atoms with Crippen molar-refractivity contribution in [3.63, 3.8) is 0 Å². The molecule has 2 heterocycles. The number of ether oxygens (including phenoxy) is 2. The minimum absolute atomic E-state index is 0.142. The van der Waals surface area contributed by atoms with E-state index >= 15 is 0 Å². The summed E-state index contributed by atoms with van der Waals surface area (Å²) in [6.45, 7) is 7.33. The Hall–Kier alpha value is -0.650. The van der Waals surface area contributed by atoms with Gasteiger partial charge in [0.05, 0.1) is 13.2 Å². The van der Waals surface area contributed by atoms with Gasteiger partial charge in [-0.1, -0.05) is 0 Å². The lowest BCUT2D eigenvalue weighted by Gasteiger charge is -2.35. The number of piperidine rings is 1. The molecule has 0 aromatic heterocycles. The van der Waals surface area contributed by atoms with Crippen LogP contribution in [-0.4, -0.2) is 62.9 Å². The molecule has 2 saturated heterocycles. The third-order valence-electron chi connectivity index (χ3n) is 3.59. The molecule has 0 saturated carbocycles. The molecule has 0 unspecified atom stereocenters. The van der Waals surface area contributed by atoms with Crippen molar-refractivity contribution in [1.82, 2.24) is 10.2 Å². The Kier molecular flexibility index (Phi) is 5.41. The number of rotatable bonds is 4. The summed E-state index contributed by atoms with van der Waals surface area (Å²) in [5, 5.41) is 3.20. The van der Waals surface area contributed by atoms with E-state index in [1.165, 1.54) is 0 Å². The number of hydrogen-bond acceptors (Lipinski definition) is 4. The van der Waals surface area contributed by atoms with Crippen molar-refractivity contribution >= 4 is 5.91 Å². The SMILES string of the molecule is CCOC[C@@H]1CCCN(C(=O)[C@@H]2CNCCO2)C1. The molecule has 18 heavy (non-hydrogen) atoms. The zero-order valence-electron chi connectivity index (χ0n) is 11.2. The Morgan fingerprint density at radius 1 is 1.56 bits per heavy atom. The molecule has 2 aliphatic heterocycles. The van der Waals surface area contributed by atoms with Gasteiger partial charge in [0.15, 0.2) is 0 Å². The van der Waals surface area contributed by atoms with Gasteiger partial charge in [-0.3, -0.25) is 4.79 Å². The first kappa shape index (κ1) is 13.8. The van der Waals surface area contributed by atoms with Crippen LogP contribution in [0.25, 0.3) is 0 Å². The molecule has 2 atom stereocenters. The molecule has 0 aromatic carbocycles. The van der Waals surface area contributed by atoms with Crippen molar-refractivity contribution in [2.45, 2.75) is 25.9 Å². The molecule has 104 valence electrons. The number of carbonyl (C=O) groups is 1. The van der Waals surface area contributed by atoms with Gasteiger partial charge in [-0.15, -0.1) is 0 Å². The molecule has 1 N–H and O–H groups in total. The van der Waals surface area contributed by atoms with Crippen molar-refractivity contribution in [3.8, 4) is 0 Å². The summed E-state index contributed by atoms with van der Waals surface area (Å²) < 4.78 is 11.0. The molecule has 0 aliphatic carbocycles. The lowest BCUT2D eigenvalue weighted by atomic mass is 9.98. The van der Waals surface area contributed by atoms with Crippen LogP contribution in [0.3, 0.4) is 0 Å². The van der Waals surface area contributed by atoms with E-state index in [-0.39, 0.29) is 12.0 Å². The fraction of sp³-hybridized carbons (Fsp3) is 0.923. The summed E-state index contributed by atoms with van der Waals surface area (Å²) in [7, 11) is 0. The van der Waals surface area contributed by atoms with Gasteiger partial charge in [0.25, 0.3) is 5.91 Å². The van der Waals surface area contributed by atoms with E-state index in [9.17, 15) is 4.79 Å². The monoisotopic (exact) mass is 256 g/mol. The van der Waals surface area contributed by atoms with Gasteiger partial charge in [0.2, 0.25) is 0 Å². The van der Waals surface area contributed by atoms with E-state index in [4.69, 9.17) is 9.47 Å². The molecule has 0 radical (unpaired) electrons. The number of hydrogen-bond donors (Lipinski definition) is 1. The maximum Gasteiger partial charge on any atom is 0.253 e. The van der Waals surface area contributed by atoms with Crippen molar-refractivity contribution < 1.29 is 14.3 Å². The summed E-state index contributed by atoms with van der Waals surface area (Å²) in [6.07, 6.45) is 1.95. The molecule has 2 rings (SSSR count). The van der Waals surface area contributed by atoms with Gasteiger partial charge in [0, 0.05) is 32.8 Å². The summed E-state index contributed by atoms with van der Waals surface area (Å²) in [6, 6.07) is 0. The van der Waals surface area contributed by atoms with Gasteiger partial charge >= 0.3 is 0 Å². The van der Waals surface area contributed by atoms with Crippen LogP contribution in [0.2, 0.25) is 0 Å². The van der Waals surface area contributed by atoms with Crippen LogP contribution in [0.4, 0.5) is 0 Å². The average Bonchev–Trinajstić information content (AvgIpc) is 2.45. The van der Waals surface area contributed by atoms with Gasteiger partial charge in [-0.05, 0) is 25.7 Å². The van der Waals surface area contributed by atoms with Crippen LogP contribution in [0, 0.1) is 5.92 Å². The third kappa shape index (κ3) is 3.67. The highest BCUT2D eigenvalue weighted by molar-refractivity contribution is 5.81. The molecule has 5 heteroatoms. The standard InChI is InChI=1S/C13H24N2O3/c1-2-17-10-11-4-3-6-15(9-11)13(16)12-8-14-5-7-18-12/h11-12,14H,2-10H2,1H3/t11-,12+/m1/s1. The van der Waals surface area contributed by atoms with Crippen molar-refractivity contribution in [2.75, 3.05) is 46.0 Å². The molecule has 0 bridgehead atoms. The second-order valence-electron chi connectivity index (χ2n) is 5.02. The van der Waals surface area contributed by atoms with Crippen LogP contribution in [0.5, 0.6) is 0 Å². The molecule has 2 aliphatic rings. The number of likely N-dealkylation sites (tertiary alicyclic amines) is 1. The second-order valence-corrected chi connectivity index (χ2v) is 5.02. The van der Waals surface area contributed by atoms with Gasteiger partial charge in [-0.2, -0.15) is 0 Å². The summed E-state index contributed by atoms with van der Waals surface area (Å²) in [4.78, 5) is 14.2. The quantitative estimate of drug-likeness (QED) is 0.783. The van der Waals surface area contributed by atoms with E-state index < -0.39 is 0 Å². The summed E-state index contributed by atoms with van der Waals surface area (Å²) in [5.41, 5.74) is 0. The fourth-order valence-electron chi connectivity index (χ4n) is 2.61. The molecular weight excluding hydrogens is 232 g/mol. The van der Waals surface area contributed by atoms with Crippen LogP contribution >= 0.6 is 0 Å². The van der Waals surface area contributed by atoms with Gasteiger partial charge in [0.1, 0.15) is 6.10 Å². The molecule has 0 spiro atoms. The number of nitrogens with zero attached hydrogens (tertiary/aromatic N) is 1. The lowest BCUT2D eigenvalue weighted by Crippen LogP contribution is -2.52. The fourth-order valence-corrected chi connectivity index (χ4v) is 2.61. The maximum absolute atomic E-state index is 12.3. The minimum Gasteiger partial charge on any atom is -0.381 e. The normalized spacial score (nSPS) is 29.3. The van der Waals surface area contributed by atoms with Crippen molar-refractivity contribution in [1.29, 1.82) is 0 Å². The molecule has 2 fully saturated rings. The predicted octanol–water partition coefficient (Wildman–Crippen LogP) is 0.250. The third-order valence-corrected chi connectivity index (χ3v) is 3.59. The Morgan fingerprint density at radius 3 is 3.17 bits per heavy atom. The zero-order valence-corrected chi connectivity index (χ0v) is 11.2. The molecule has 5 nitrogen and oxygen atoms in total. The molecule has 1 amide bonds. The average molecular weight is 256 g/mol. The minimum atomic E-state index is -0.287. The number of morpholine rings is 1. The summed E-state index contributed by atoms with van der Waals surface area (Å²) in [5.74, 6) is 0.627. The Labute approximate surface area is 109 Å². The van der Waals surface area contributed by atoms with Crippen molar-refractivity contribution in [2.24, 2.45) is 5.92 Å². The highest BCUT2D eigenvalue weighted by Gasteiger charge is 2.30. The molecular formula is C13H24N2O3. The summed E-state index contributed by atoms with van der Waals surface area (Å²) >= 11 is 0. The number of nitrogens with one attached hydrogen (secondary N) is 1. The smallest absolute Gasteiger partial charge is 0.253 e. The molecule has 0 aromatic rings. The van der Waals surface area contributed by atoms with E-state index in [0.717, 1.165) is 45.7 Å². The number of amides is 1. The maximum atomic E-state index is 12.3. The Bertz CT molecular complexity index is 267. The second kappa shape index (κ2) is 7.07. The predicted molar refractivity (Wildman–Crippen MR) is 68.4 cm³/mol. The largest absolute Gasteiger partial charge is 0.381 e. The van der Waals surface area contributed by atoms with Crippen LogP contribution in [-0.2, 0) is 14.3 Å². The highest BCUT2D eigenvalue weighted by atomic mass is 16.5. The van der Waals surface area contributed by atoms with Crippen molar-refractivity contribution in [3.05, 3.63) is 0 Å². The van der Waals surface area contributed by atoms with Crippen LogP contribution in [0.15, 0.2) is 0 Å². The highest BCUT2D eigenvalue weighted by Crippen LogP contribution is 2.18. The first-order valence-corrected chi connectivity index (χ1v) is 7.00. The first-order valence-electron chi connectivity index (χ1n) is 7.00. The first-order chi connectivity index (χ1) is 8.81. The van der Waals surface area contributed by atoms with E-state index in [0.29, 0.717) is 19.1 Å². The van der Waals surface area contributed by atoms with Crippen LogP contribution in [0.1, 0.15) is 19.8 Å². The van der Waals surface area contributed by atoms with E-state index in [1.807, 2.05) is 11.8 Å². The van der Waals surface area contributed by atoms with Gasteiger partial charge in [-0.25, -0.2) is 0 Å². The number of carbonyl (C=O) groups excluding carboxylic acids is 1. The Morgan fingerprint density at radius 2 is 2.44 bits per heavy atom.